The number of nitrogens with two attached hydrogens (primary N) is 1. The highest BCUT2D eigenvalue weighted by Crippen LogP contribution is 2.24. The maximum absolute atomic E-state index is 12.3. The Morgan fingerprint density at radius 3 is 2.56 bits per heavy atom. The predicted molar refractivity (Wildman–Crippen MR) is 109 cm³/mol. The number of hydrogen-bond donors (Lipinski definition) is 2. The van der Waals surface area contributed by atoms with Crippen molar-refractivity contribution in [3.63, 3.8) is 0 Å². The summed E-state index contributed by atoms with van der Waals surface area (Å²) < 4.78 is 1.96. The van der Waals surface area contributed by atoms with E-state index in [1.165, 1.54) is 0 Å². The number of aryl methyl sites for hydroxylation is 2. The van der Waals surface area contributed by atoms with E-state index >= 15 is 0 Å². The third kappa shape index (κ3) is 4.56. The normalized spacial score (nSPS) is 10.9. The second-order valence-electron chi connectivity index (χ2n) is 6.71. The largest absolute Gasteiger partial charge is 0.364 e. The number of nitrogens with one attached hydrogen (secondary N) is 1. The quantitative estimate of drug-likeness (QED) is 0.632. The van der Waals surface area contributed by atoms with Crippen molar-refractivity contribution in [3.05, 3.63) is 65.9 Å². The molecular weight excluding hydrogens is 338 g/mol. The van der Waals surface area contributed by atoms with Crippen LogP contribution in [0, 0.1) is 0 Å². The van der Waals surface area contributed by atoms with Gasteiger partial charge in [0.1, 0.15) is 5.69 Å². The van der Waals surface area contributed by atoms with Crippen molar-refractivity contribution in [1.82, 2.24) is 4.57 Å². The fourth-order valence-electron chi connectivity index (χ4n) is 3.24. The lowest BCUT2D eigenvalue weighted by molar-refractivity contribution is -0.116. The van der Waals surface area contributed by atoms with Gasteiger partial charge >= 0.3 is 0 Å². The van der Waals surface area contributed by atoms with E-state index in [1.807, 2.05) is 53.1 Å². The number of aromatic nitrogens is 1. The first-order valence-electron chi connectivity index (χ1n) is 9.35. The number of amides is 2. The zero-order valence-electron chi connectivity index (χ0n) is 15.6. The Bertz CT molecular complexity index is 945. The van der Waals surface area contributed by atoms with Gasteiger partial charge < -0.3 is 15.6 Å². The van der Waals surface area contributed by atoms with Crippen molar-refractivity contribution in [2.75, 3.05) is 5.32 Å². The summed E-state index contributed by atoms with van der Waals surface area (Å²) in [6.45, 7) is 2.86. The van der Waals surface area contributed by atoms with E-state index in [0.29, 0.717) is 18.5 Å². The van der Waals surface area contributed by atoms with Gasteiger partial charge in [-0.15, -0.1) is 0 Å². The maximum Gasteiger partial charge on any atom is 0.265 e. The lowest BCUT2D eigenvalue weighted by Gasteiger charge is -2.09. The van der Waals surface area contributed by atoms with Crippen LogP contribution in [-0.4, -0.2) is 16.4 Å². The average Bonchev–Trinajstić information content (AvgIpc) is 3.03. The standard InChI is InChI=1S/C22H25N3O2/c1-2-3-13-25-19-11-10-18(14-17(19)15-20(25)22(23)27)24-21(26)12-9-16-7-5-4-6-8-16/h4-8,10-11,14-15H,2-3,9,12-13H2,1H3,(H2,23,27)(H,24,26). The zero-order chi connectivity index (χ0) is 19.2. The van der Waals surface area contributed by atoms with Gasteiger partial charge in [-0.1, -0.05) is 43.7 Å². The van der Waals surface area contributed by atoms with Crippen molar-refractivity contribution in [2.45, 2.75) is 39.2 Å². The van der Waals surface area contributed by atoms with Crippen molar-refractivity contribution in [3.8, 4) is 0 Å². The Morgan fingerprint density at radius 2 is 1.85 bits per heavy atom. The molecule has 1 aromatic heterocycles. The van der Waals surface area contributed by atoms with E-state index < -0.39 is 5.91 Å². The molecule has 0 spiro atoms. The number of hydrogen-bond acceptors (Lipinski definition) is 2. The molecule has 0 aliphatic carbocycles. The van der Waals surface area contributed by atoms with E-state index in [0.717, 1.165) is 41.5 Å². The Kier molecular flexibility index (Phi) is 5.91. The predicted octanol–water partition coefficient (Wildman–Crippen LogP) is 4.11. The van der Waals surface area contributed by atoms with Gasteiger partial charge in [0.25, 0.3) is 5.91 Å². The van der Waals surface area contributed by atoms with Gasteiger partial charge in [-0.2, -0.15) is 0 Å². The zero-order valence-corrected chi connectivity index (χ0v) is 15.6. The monoisotopic (exact) mass is 363 g/mol. The first-order chi connectivity index (χ1) is 13.1. The summed E-state index contributed by atoms with van der Waals surface area (Å²) in [7, 11) is 0. The minimum absolute atomic E-state index is 0.0289. The molecule has 0 radical (unpaired) electrons. The number of carbonyl (C=O) groups excluding carboxylic acids is 2. The third-order valence-corrected chi connectivity index (χ3v) is 4.66. The first kappa shape index (κ1) is 18.7. The van der Waals surface area contributed by atoms with E-state index in [9.17, 15) is 9.59 Å². The Morgan fingerprint density at radius 1 is 1.07 bits per heavy atom. The summed E-state index contributed by atoms with van der Waals surface area (Å²) in [6.07, 6.45) is 3.13. The molecule has 5 heteroatoms. The van der Waals surface area contributed by atoms with Crippen LogP contribution in [0.15, 0.2) is 54.6 Å². The number of fused-ring (bicyclic) bond motifs is 1. The molecule has 3 aromatic rings. The molecule has 0 bridgehead atoms. The molecule has 27 heavy (non-hydrogen) atoms. The molecular formula is C22H25N3O2. The number of benzene rings is 2. The third-order valence-electron chi connectivity index (χ3n) is 4.66. The number of unbranched alkanes of at least 4 members (excludes halogenated alkanes) is 1. The first-order valence-corrected chi connectivity index (χ1v) is 9.35. The van der Waals surface area contributed by atoms with Crippen molar-refractivity contribution in [2.24, 2.45) is 5.73 Å². The summed E-state index contributed by atoms with van der Waals surface area (Å²) >= 11 is 0. The van der Waals surface area contributed by atoms with E-state index in [2.05, 4.69) is 12.2 Å². The van der Waals surface area contributed by atoms with Crippen molar-refractivity contribution < 1.29 is 9.59 Å². The van der Waals surface area contributed by atoms with Gasteiger partial charge in [-0.3, -0.25) is 9.59 Å². The molecule has 0 aliphatic rings. The highest BCUT2D eigenvalue weighted by atomic mass is 16.2. The van der Waals surface area contributed by atoms with Crippen LogP contribution in [0.25, 0.3) is 10.9 Å². The van der Waals surface area contributed by atoms with Crippen LogP contribution in [0.3, 0.4) is 0 Å². The molecule has 0 aliphatic heterocycles. The SMILES string of the molecule is CCCCn1c(C(N)=O)cc2cc(NC(=O)CCc3ccccc3)ccc21. The molecule has 2 aromatic carbocycles. The molecule has 140 valence electrons. The second kappa shape index (κ2) is 8.54. The molecule has 3 N–H and O–H groups in total. The highest BCUT2D eigenvalue weighted by molar-refractivity contribution is 6.00. The molecule has 0 atom stereocenters. The van der Waals surface area contributed by atoms with Gasteiger partial charge in [0.15, 0.2) is 0 Å². The molecule has 0 fully saturated rings. The van der Waals surface area contributed by atoms with Gasteiger partial charge in [0.05, 0.1) is 0 Å². The summed E-state index contributed by atoms with van der Waals surface area (Å²) in [5.74, 6) is -0.463. The van der Waals surface area contributed by atoms with E-state index in [1.54, 1.807) is 6.07 Å². The lowest BCUT2D eigenvalue weighted by Crippen LogP contribution is -2.16. The van der Waals surface area contributed by atoms with Gasteiger partial charge in [0, 0.05) is 29.6 Å². The van der Waals surface area contributed by atoms with Crippen LogP contribution < -0.4 is 11.1 Å². The smallest absolute Gasteiger partial charge is 0.265 e. The molecule has 0 saturated carbocycles. The van der Waals surface area contributed by atoms with E-state index in [4.69, 9.17) is 5.73 Å². The molecule has 0 saturated heterocycles. The van der Waals surface area contributed by atoms with Gasteiger partial charge in [0.2, 0.25) is 5.91 Å². The van der Waals surface area contributed by atoms with Crippen molar-refractivity contribution >= 4 is 28.4 Å². The summed E-state index contributed by atoms with van der Waals surface area (Å²) in [4.78, 5) is 24.0. The van der Waals surface area contributed by atoms with Gasteiger partial charge in [-0.05, 0) is 42.7 Å². The fourth-order valence-corrected chi connectivity index (χ4v) is 3.24. The van der Waals surface area contributed by atoms with Crippen molar-refractivity contribution in [1.29, 1.82) is 0 Å². The summed E-state index contributed by atoms with van der Waals surface area (Å²) in [6, 6.07) is 17.4. The average molecular weight is 363 g/mol. The van der Waals surface area contributed by atoms with Crippen LogP contribution in [0.5, 0.6) is 0 Å². The minimum atomic E-state index is -0.434. The summed E-state index contributed by atoms with van der Waals surface area (Å²) in [5.41, 5.74) is 8.86. The van der Waals surface area contributed by atoms with E-state index in [-0.39, 0.29) is 5.91 Å². The van der Waals surface area contributed by atoms with Crippen LogP contribution in [-0.2, 0) is 17.8 Å². The second-order valence-corrected chi connectivity index (χ2v) is 6.71. The minimum Gasteiger partial charge on any atom is -0.364 e. The van der Waals surface area contributed by atoms with Crippen LogP contribution in [0.1, 0.15) is 42.2 Å². The highest BCUT2D eigenvalue weighted by Gasteiger charge is 2.13. The fraction of sp³-hybridized carbons (Fsp3) is 0.273. The molecule has 2 amide bonds. The number of primary amides is 1. The van der Waals surface area contributed by atoms with Gasteiger partial charge in [-0.25, -0.2) is 0 Å². The maximum atomic E-state index is 12.3. The Labute approximate surface area is 159 Å². The molecule has 3 rings (SSSR count). The number of carbonyl (C=O) groups is 2. The summed E-state index contributed by atoms with van der Waals surface area (Å²) in [5, 5.41) is 3.84. The number of anilines is 1. The topological polar surface area (TPSA) is 77.1 Å². The molecule has 0 unspecified atom stereocenters. The lowest BCUT2D eigenvalue weighted by atomic mass is 10.1. The molecule has 1 heterocycles. The van der Waals surface area contributed by atoms with Crippen LogP contribution in [0.4, 0.5) is 5.69 Å². The van der Waals surface area contributed by atoms with Crippen LogP contribution in [0.2, 0.25) is 0 Å². The number of rotatable bonds is 8. The van der Waals surface area contributed by atoms with Crippen LogP contribution >= 0.6 is 0 Å². The number of nitrogens with zero attached hydrogens (tertiary/aromatic N) is 1. The Hall–Kier alpha value is -3.08. The molecule has 5 nitrogen and oxygen atoms in total. The Balaban J connectivity index is 1.74.